The average molecular weight is 343 g/mol. The number of halogens is 2. The molecule has 1 atom stereocenters. The molecule has 3 rings (SSSR count). The standard InChI is InChI=1S/C14H15FN4OS.ClH/c15-10-5-2-1-4-9(10)8-12-18-19-14(21-12)17-13(20)11-6-3-7-16-11;/h1-2,4-5,11,16H,3,6-8H2,(H,17,19,20);1H. The third kappa shape index (κ3) is 4.00. The minimum atomic E-state index is -0.256. The number of amides is 1. The molecule has 0 spiro atoms. The topological polar surface area (TPSA) is 66.9 Å². The van der Waals surface area contributed by atoms with Crippen molar-refractivity contribution in [2.24, 2.45) is 0 Å². The summed E-state index contributed by atoms with van der Waals surface area (Å²) >= 11 is 1.27. The van der Waals surface area contributed by atoms with Crippen LogP contribution in [0.15, 0.2) is 24.3 Å². The molecule has 5 nitrogen and oxygen atoms in total. The molecule has 2 heterocycles. The number of hydrogen-bond acceptors (Lipinski definition) is 5. The van der Waals surface area contributed by atoms with Crippen LogP contribution in [0.25, 0.3) is 0 Å². The number of hydrogen-bond donors (Lipinski definition) is 2. The Morgan fingerprint density at radius 3 is 2.95 bits per heavy atom. The zero-order valence-electron chi connectivity index (χ0n) is 11.7. The van der Waals surface area contributed by atoms with E-state index >= 15 is 0 Å². The summed E-state index contributed by atoms with van der Waals surface area (Å²) in [5, 5.41) is 15.0. The van der Waals surface area contributed by atoms with Gasteiger partial charge in [0.1, 0.15) is 10.8 Å². The fourth-order valence-corrected chi connectivity index (χ4v) is 3.05. The van der Waals surface area contributed by atoms with Crippen LogP contribution in [0.2, 0.25) is 0 Å². The fraction of sp³-hybridized carbons (Fsp3) is 0.357. The molecule has 2 N–H and O–H groups in total. The summed E-state index contributed by atoms with van der Waals surface area (Å²) in [4.78, 5) is 11.9. The minimum Gasteiger partial charge on any atom is -0.306 e. The zero-order chi connectivity index (χ0) is 14.7. The van der Waals surface area contributed by atoms with E-state index in [1.54, 1.807) is 18.2 Å². The van der Waals surface area contributed by atoms with Gasteiger partial charge in [0.05, 0.1) is 6.04 Å². The normalized spacial score (nSPS) is 17.0. The van der Waals surface area contributed by atoms with Crippen molar-refractivity contribution in [3.63, 3.8) is 0 Å². The highest BCUT2D eigenvalue weighted by Crippen LogP contribution is 2.20. The molecular weight excluding hydrogens is 327 g/mol. The number of rotatable bonds is 4. The van der Waals surface area contributed by atoms with Gasteiger partial charge >= 0.3 is 0 Å². The summed E-state index contributed by atoms with van der Waals surface area (Å²) in [6.45, 7) is 0.868. The van der Waals surface area contributed by atoms with Gasteiger partial charge in [0.25, 0.3) is 0 Å². The van der Waals surface area contributed by atoms with Crippen LogP contribution in [0, 0.1) is 5.82 Å². The maximum Gasteiger partial charge on any atom is 0.243 e. The Morgan fingerprint density at radius 2 is 2.23 bits per heavy atom. The van der Waals surface area contributed by atoms with E-state index in [0.717, 1.165) is 19.4 Å². The van der Waals surface area contributed by atoms with Crippen LogP contribution in [0.4, 0.5) is 9.52 Å². The first-order chi connectivity index (χ1) is 10.2. The van der Waals surface area contributed by atoms with Crippen molar-refractivity contribution in [1.82, 2.24) is 15.5 Å². The van der Waals surface area contributed by atoms with Crippen molar-refractivity contribution in [3.05, 3.63) is 40.7 Å². The number of nitrogens with zero attached hydrogens (tertiary/aromatic N) is 2. The quantitative estimate of drug-likeness (QED) is 0.895. The predicted octanol–water partition coefficient (Wildman–Crippen LogP) is 2.38. The molecular formula is C14H16ClFN4OS. The Labute approximate surface area is 137 Å². The lowest BCUT2D eigenvalue weighted by Crippen LogP contribution is -2.35. The molecule has 2 aromatic rings. The van der Waals surface area contributed by atoms with Gasteiger partial charge in [-0.25, -0.2) is 4.39 Å². The third-order valence-corrected chi connectivity index (χ3v) is 4.21. The lowest BCUT2D eigenvalue weighted by atomic mass is 10.1. The van der Waals surface area contributed by atoms with Gasteiger partial charge in [0.2, 0.25) is 11.0 Å². The highest BCUT2D eigenvalue weighted by atomic mass is 35.5. The zero-order valence-corrected chi connectivity index (χ0v) is 13.3. The van der Waals surface area contributed by atoms with Crippen LogP contribution in [0.3, 0.4) is 0 Å². The SMILES string of the molecule is Cl.O=C(Nc1nnc(Cc2ccccc2F)s1)C1CCCN1. The number of anilines is 1. The molecule has 22 heavy (non-hydrogen) atoms. The van der Waals surface area contributed by atoms with Crippen molar-refractivity contribution in [2.45, 2.75) is 25.3 Å². The van der Waals surface area contributed by atoms with E-state index in [1.165, 1.54) is 17.4 Å². The van der Waals surface area contributed by atoms with Crippen LogP contribution in [0.5, 0.6) is 0 Å². The van der Waals surface area contributed by atoms with E-state index in [9.17, 15) is 9.18 Å². The largest absolute Gasteiger partial charge is 0.306 e. The second-order valence-electron chi connectivity index (χ2n) is 4.91. The molecule has 0 radical (unpaired) electrons. The molecule has 1 aromatic carbocycles. The van der Waals surface area contributed by atoms with E-state index in [0.29, 0.717) is 22.1 Å². The van der Waals surface area contributed by atoms with Crippen LogP contribution >= 0.6 is 23.7 Å². The summed E-state index contributed by atoms with van der Waals surface area (Å²) < 4.78 is 13.6. The molecule has 0 bridgehead atoms. The molecule has 1 fully saturated rings. The molecule has 118 valence electrons. The van der Waals surface area contributed by atoms with Gasteiger partial charge in [0.15, 0.2) is 0 Å². The van der Waals surface area contributed by atoms with Gasteiger partial charge in [-0.2, -0.15) is 0 Å². The maximum atomic E-state index is 13.6. The van der Waals surface area contributed by atoms with Crippen molar-refractivity contribution in [1.29, 1.82) is 0 Å². The Balaban J connectivity index is 0.00000176. The molecule has 1 saturated heterocycles. The smallest absolute Gasteiger partial charge is 0.243 e. The lowest BCUT2D eigenvalue weighted by molar-refractivity contribution is -0.117. The average Bonchev–Trinajstić information content (AvgIpc) is 3.13. The third-order valence-electron chi connectivity index (χ3n) is 3.37. The lowest BCUT2D eigenvalue weighted by Gasteiger charge is -2.07. The van der Waals surface area contributed by atoms with Crippen molar-refractivity contribution in [2.75, 3.05) is 11.9 Å². The van der Waals surface area contributed by atoms with E-state index < -0.39 is 0 Å². The predicted molar refractivity (Wildman–Crippen MR) is 86.0 cm³/mol. The Kier molecular flexibility index (Phi) is 5.82. The van der Waals surface area contributed by atoms with Gasteiger partial charge < -0.3 is 5.32 Å². The van der Waals surface area contributed by atoms with Crippen LogP contribution in [0.1, 0.15) is 23.4 Å². The molecule has 1 aliphatic rings. The number of carbonyl (C=O) groups excluding carboxylic acids is 1. The highest BCUT2D eigenvalue weighted by molar-refractivity contribution is 7.15. The summed E-state index contributed by atoms with van der Waals surface area (Å²) in [6.07, 6.45) is 2.22. The molecule has 1 unspecified atom stereocenters. The summed E-state index contributed by atoms with van der Waals surface area (Å²) in [5.74, 6) is -0.338. The van der Waals surface area contributed by atoms with Crippen molar-refractivity contribution >= 4 is 34.8 Å². The number of benzene rings is 1. The Bertz CT molecular complexity index is 645. The molecule has 1 aliphatic heterocycles. The second-order valence-corrected chi connectivity index (χ2v) is 5.97. The summed E-state index contributed by atoms with van der Waals surface area (Å²) in [6, 6.07) is 6.43. The van der Waals surface area contributed by atoms with Crippen molar-refractivity contribution in [3.8, 4) is 0 Å². The maximum absolute atomic E-state index is 13.6. The van der Waals surface area contributed by atoms with Crippen LogP contribution < -0.4 is 10.6 Å². The van der Waals surface area contributed by atoms with E-state index in [2.05, 4.69) is 20.8 Å². The Hall–Kier alpha value is -1.57. The first-order valence-corrected chi connectivity index (χ1v) is 7.64. The number of carbonyl (C=O) groups is 1. The molecule has 1 aromatic heterocycles. The highest BCUT2D eigenvalue weighted by Gasteiger charge is 2.23. The van der Waals surface area contributed by atoms with Gasteiger partial charge in [-0.3, -0.25) is 10.1 Å². The van der Waals surface area contributed by atoms with E-state index in [4.69, 9.17) is 0 Å². The van der Waals surface area contributed by atoms with Gasteiger partial charge in [-0.05, 0) is 31.0 Å². The van der Waals surface area contributed by atoms with Crippen LogP contribution in [-0.2, 0) is 11.2 Å². The van der Waals surface area contributed by atoms with Gasteiger partial charge in [-0.15, -0.1) is 22.6 Å². The van der Waals surface area contributed by atoms with E-state index in [-0.39, 0.29) is 30.2 Å². The second kappa shape index (κ2) is 7.62. The van der Waals surface area contributed by atoms with Gasteiger partial charge in [0, 0.05) is 6.42 Å². The van der Waals surface area contributed by atoms with Crippen LogP contribution in [-0.4, -0.2) is 28.7 Å². The number of aromatic nitrogens is 2. The minimum absolute atomic E-state index is 0. The van der Waals surface area contributed by atoms with E-state index in [1.807, 2.05) is 0 Å². The first kappa shape index (κ1) is 16.8. The Morgan fingerprint density at radius 1 is 1.41 bits per heavy atom. The molecule has 0 aliphatic carbocycles. The summed E-state index contributed by atoms with van der Waals surface area (Å²) in [7, 11) is 0. The van der Waals surface area contributed by atoms with Gasteiger partial charge in [-0.1, -0.05) is 29.5 Å². The molecule has 0 saturated carbocycles. The summed E-state index contributed by atoms with van der Waals surface area (Å²) in [5.41, 5.74) is 0.573. The first-order valence-electron chi connectivity index (χ1n) is 6.82. The molecule has 8 heteroatoms. The fourth-order valence-electron chi connectivity index (χ4n) is 2.28. The van der Waals surface area contributed by atoms with Crippen molar-refractivity contribution < 1.29 is 9.18 Å². The number of nitrogens with one attached hydrogen (secondary N) is 2. The molecule has 1 amide bonds. The monoisotopic (exact) mass is 342 g/mol.